The van der Waals surface area contributed by atoms with Gasteiger partial charge in [0.1, 0.15) is 5.82 Å². The maximum Gasteiger partial charge on any atom is 0.290 e. The van der Waals surface area contributed by atoms with E-state index in [2.05, 4.69) is 20.5 Å². The van der Waals surface area contributed by atoms with Crippen LogP contribution in [0.25, 0.3) is 11.3 Å². The Hall–Kier alpha value is -4.21. The summed E-state index contributed by atoms with van der Waals surface area (Å²) < 4.78 is 14.8. The van der Waals surface area contributed by atoms with Gasteiger partial charge in [0.25, 0.3) is 11.8 Å². The van der Waals surface area contributed by atoms with Crippen LogP contribution >= 0.6 is 0 Å². The van der Waals surface area contributed by atoms with Crippen molar-refractivity contribution in [2.24, 2.45) is 0 Å². The van der Waals surface area contributed by atoms with E-state index in [1.165, 1.54) is 17.3 Å². The van der Waals surface area contributed by atoms with Gasteiger partial charge in [-0.1, -0.05) is 18.2 Å². The predicted octanol–water partition coefficient (Wildman–Crippen LogP) is 1.74. The number of fused-ring (bicyclic) bond motifs is 1. The molecule has 2 aliphatic rings. The molecule has 1 fully saturated rings. The van der Waals surface area contributed by atoms with E-state index < -0.39 is 23.4 Å². The van der Waals surface area contributed by atoms with E-state index in [0.717, 1.165) is 6.20 Å². The fraction of sp³-hybridized carbons (Fsp3) is 0.250. The van der Waals surface area contributed by atoms with Crippen molar-refractivity contribution in [3.8, 4) is 11.3 Å². The fourth-order valence-electron chi connectivity index (χ4n) is 4.38. The molecule has 2 amide bonds. The van der Waals surface area contributed by atoms with Crippen molar-refractivity contribution in [2.45, 2.75) is 5.92 Å². The molecule has 9 nitrogen and oxygen atoms in total. The third-order valence-electron chi connectivity index (χ3n) is 6.16. The van der Waals surface area contributed by atoms with Gasteiger partial charge in [-0.15, -0.1) is 0 Å². The van der Waals surface area contributed by atoms with Crippen molar-refractivity contribution in [2.75, 3.05) is 38.0 Å². The molecule has 3 aromatic rings. The number of aromatic nitrogens is 3. The van der Waals surface area contributed by atoms with E-state index in [0.29, 0.717) is 35.6 Å². The zero-order valence-corrected chi connectivity index (χ0v) is 18.1. The van der Waals surface area contributed by atoms with E-state index in [1.54, 1.807) is 35.2 Å². The Labute approximate surface area is 194 Å². The van der Waals surface area contributed by atoms with Gasteiger partial charge in [-0.05, 0) is 18.2 Å². The highest BCUT2D eigenvalue weighted by Gasteiger charge is 2.39. The van der Waals surface area contributed by atoms with Crippen LogP contribution in [0.2, 0.25) is 0 Å². The second-order valence-corrected chi connectivity index (χ2v) is 8.12. The average molecular weight is 460 g/mol. The van der Waals surface area contributed by atoms with E-state index in [9.17, 15) is 18.8 Å². The first kappa shape index (κ1) is 21.6. The molecule has 0 saturated carbocycles. The Kier molecular flexibility index (Phi) is 5.70. The molecule has 1 N–H and O–H groups in total. The number of amides is 2. The zero-order valence-electron chi connectivity index (χ0n) is 18.1. The summed E-state index contributed by atoms with van der Waals surface area (Å²) in [6.07, 6.45) is 4.05. The second kappa shape index (κ2) is 8.97. The van der Waals surface area contributed by atoms with Gasteiger partial charge in [0.2, 0.25) is 5.78 Å². The number of anilines is 1. The lowest BCUT2D eigenvalue weighted by Crippen LogP contribution is -2.52. The van der Waals surface area contributed by atoms with Crippen molar-refractivity contribution in [3.05, 3.63) is 71.9 Å². The zero-order chi connectivity index (χ0) is 23.7. The lowest BCUT2D eigenvalue weighted by molar-refractivity contribution is -0.146. The highest BCUT2D eigenvalue weighted by molar-refractivity contribution is 6.38. The summed E-state index contributed by atoms with van der Waals surface area (Å²) in [6.45, 7) is 1.22. The number of Topliss-reactive ketones (excluding diaryl/α,β-unsaturated/α-hetero) is 1. The van der Waals surface area contributed by atoms with Gasteiger partial charge in [-0.3, -0.25) is 19.4 Å². The molecule has 5 rings (SSSR count). The molecule has 1 unspecified atom stereocenters. The van der Waals surface area contributed by atoms with Crippen molar-refractivity contribution in [1.82, 2.24) is 25.0 Å². The van der Waals surface area contributed by atoms with Gasteiger partial charge in [-0.25, -0.2) is 4.39 Å². The average Bonchev–Trinajstić information content (AvgIpc) is 3.35. The summed E-state index contributed by atoms with van der Waals surface area (Å²) >= 11 is 0. The Bertz CT molecular complexity index is 1250. The number of piperazine rings is 1. The van der Waals surface area contributed by atoms with E-state index >= 15 is 0 Å². The molecule has 0 radical (unpaired) electrons. The van der Waals surface area contributed by atoms with Crippen LogP contribution in [0.15, 0.2) is 55.0 Å². The van der Waals surface area contributed by atoms with Gasteiger partial charge >= 0.3 is 0 Å². The minimum atomic E-state index is -0.956. The third-order valence-corrected chi connectivity index (χ3v) is 6.16. The first-order valence-electron chi connectivity index (χ1n) is 10.9. The van der Waals surface area contributed by atoms with Gasteiger partial charge in [0.15, 0.2) is 0 Å². The number of rotatable bonds is 4. The van der Waals surface area contributed by atoms with Crippen molar-refractivity contribution in [3.63, 3.8) is 0 Å². The molecule has 1 saturated heterocycles. The molecule has 34 heavy (non-hydrogen) atoms. The highest BCUT2D eigenvalue weighted by Crippen LogP contribution is 2.40. The standard InChI is InChI=1S/C24H21FN6O3/c25-18-14-27-20(16-6-7-28-29-12-16)21-19(18)17(13-26-21)22(32)24(34)31-10-8-30(9-11-31)23(33)15-4-2-1-3-5-15/h1-7,12,14,17,26H,8-11,13H2. The minimum absolute atomic E-state index is 0.0977. The molecule has 0 aliphatic carbocycles. The maximum absolute atomic E-state index is 14.8. The summed E-state index contributed by atoms with van der Waals surface area (Å²) in [6, 6.07) is 10.6. The number of nitrogens with zero attached hydrogens (tertiary/aromatic N) is 5. The van der Waals surface area contributed by atoms with E-state index in [4.69, 9.17) is 0 Å². The van der Waals surface area contributed by atoms with Gasteiger partial charge in [0, 0.05) is 49.4 Å². The summed E-state index contributed by atoms with van der Waals surface area (Å²) in [5, 5.41) is 10.6. The molecular weight excluding hydrogens is 439 g/mol. The van der Waals surface area contributed by atoms with Crippen LogP contribution in [0.5, 0.6) is 0 Å². The van der Waals surface area contributed by atoms with Crippen molar-refractivity contribution in [1.29, 1.82) is 0 Å². The molecule has 0 spiro atoms. The van der Waals surface area contributed by atoms with E-state index in [-0.39, 0.29) is 31.1 Å². The van der Waals surface area contributed by atoms with Gasteiger partial charge in [-0.2, -0.15) is 10.2 Å². The first-order chi connectivity index (χ1) is 16.5. The van der Waals surface area contributed by atoms with Crippen LogP contribution in [0.3, 0.4) is 0 Å². The number of hydrogen-bond donors (Lipinski definition) is 1. The number of benzene rings is 1. The Morgan fingerprint density at radius 2 is 1.68 bits per heavy atom. The van der Waals surface area contributed by atoms with Crippen LogP contribution in [-0.4, -0.2) is 75.3 Å². The number of pyridine rings is 1. The van der Waals surface area contributed by atoms with Crippen molar-refractivity contribution < 1.29 is 18.8 Å². The molecule has 2 aliphatic heterocycles. The third kappa shape index (κ3) is 3.87. The second-order valence-electron chi connectivity index (χ2n) is 8.12. The Balaban J connectivity index is 1.30. The Morgan fingerprint density at radius 3 is 2.38 bits per heavy atom. The number of carbonyl (C=O) groups excluding carboxylic acids is 3. The highest BCUT2D eigenvalue weighted by atomic mass is 19.1. The monoisotopic (exact) mass is 460 g/mol. The molecule has 1 aromatic carbocycles. The van der Waals surface area contributed by atoms with Gasteiger partial charge < -0.3 is 15.1 Å². The lowest BCUT2D eigenvalue weighted by Gasteiger charge is -2.34. The molecule has 1 atom stereocenters. The smallest absolute Gasteiger partial charge is 0.290 e. The van der Waals surface area contributed by atoms with Crippen LogP contribution in [0.4, 0.5) is 10.1 Å². The minimum Gasteiger partial charge on any atom is -0.382 e. The predicted molar refractivity (Wildman–Crippen MR) is 120 cm³/mol. The molecule has 2 aromatic heterocycles. The number of carbonyl (C=O) groups is 3. The normalized spacial score (nSPS) is 17.1. The first-order valence-corrected chi connectivity index (χ1v) is 10.9. The molecule has 10 heteroatoms. The summed E-state index contributed by atoms with van der Waals surface area (Å²) in [7, 11) is 0. The van der Waals surface area contributed by atoms with Crippen LogP contribution in [0, 0.1) is 5.82 Å². The number of ketones is 1. The SMILES string of the molecule is O=C(C(=O)N1CCN(C(=O)c2ccccc2)CC1)C1CNc2c(-c3ccnnc3)ncc(F)c21. The lowest BCUT2D eigenvalue weighted by atomic mass is 9.94. The topological polar surface area (TPSA) is 108 Å². The largest absolute Gasteiger partial charge is 0.382 e. The summed E-state index contributed by atoms with van der Waals surface area (Å²) in [5.74, 6) is -3.06. The van der Waals surface area contributed by atoms with Gasteiger partial charge in [0.05, 0.1) is 35.9 Å². The van der Waals surface area contributed by atoms with Crippen molar-refractivity contribution >= 4 is 23.3 Å². The molecule has 0 bridgehead atoms. The Morgan fingerprint density at radius 1 is 0.941 bits per heavy atom. The summed E-state index contributed by atoms with van der Waals surface area (Å²) in [5.41, 5.74) is 2.17. The van der Waals surface area contributed by atoms with E-state index in [1.807, 2.05) is 6.07 Å². The fourth-order valence-corrected chi connectivity index (χ4v) is 4.38. The van der Waals surface area contributed by atoms with Crippen LogP contribution in [0.1, 0.15) is 21.8 Å². The van der Waals surface area contributed by atoms with Crippen LogP contribution in [-0.2, 0) is 9.59 Å². The number of nitrogens with one attached hydrogen (secondary N) is 1. The molecule has 4 heterocycles. The maximum atomic E-state index is 14.8. The number of halogens is 1. The molecular formula is C24H21FN6O3. The molecule has 172 valence electrons. The quantitative estimate of drug-likeness (QED) is 0.591. The summed E-state index contributed by atoms with van der Waals surface area (Å²) in [4.78, 5) is 46.0. The van der Waals surface area contributed by atoms with Crippen LogP contribution < -0.4 is 5.32 Å². The number of hydrogen-bond acceptors (Lipinski definition) is 7.